The second-order valence-corrected chi connectivity index (χ2v) is 9.53. The molecule has 40 heavy (non-hydrogen) atoms. The van der Waals surface area contributed by atoms with Crippen molar-refractivity contribution in [2.24, 2.45) is 5.92 Å². The molecule has 3 heterocycles. The lowest BCUT2D eigenvalue weighted by Crippen LogP contribution is -2.39. The van der Waals surface area contributed by atoms with E-state index in [0.717, 1.165) is 23.4 Å². The summed E-state index contributed by atoms with van der Waals surface area (Å²) in [4.78, 5) is 20.9. The Kier molecular flexibility index (Phi) is 7.74. The highest BCUT2D eigenvalue weighted by Gasteiger charge is 2.38. The van der Waals surface area contributed by atoms with Crippen molar-refractivity contribution in [1.29, 1.82) is 0 Å². The molecular formula is C29H27F2N7O2. The molecule has 0 aliphatic rings. The van der Waals surface area contributed by atoms with E-state index in [2.05, 4.69) is 20.2 Å². The molecule has 0 spiro atoms. The van der Waals surface area contributed by atoms with E-state index < -0.39 is 23.2 Å². The van der Waals surface area contributed by atoms with Gasteiger partial charge >= 0.3 is 5.69 Å². The zero-order chi connectivity index (χ0) is 28.1. The van der Waals surface area contributed by atoms with Crippen molar-refractivity contribution < 1.29 is 13.9 Å². The molecule has 1 N–H and O–H groups in total. The van der Waals surface area contributed by atoms with Crippen molar-refractivity contribution in [3.8, 4) is 5.69 Å². The van der Waals surface area contributed by atoms with E-state index in [0.29, 0.717) is 12.1 Å². The summed E-state index contributed by atoms with van der Waals surface area (Å²) >= 11 is 0. The Balaban J connectivity index is 1.29. The number of allylic oxidation sites excluding steroid dienone is 1. The Labute approximate surface area is 228 Å². The number of aromatic nitrogens is 7. The standard InChI is InChI=1S/C29H27F2N7O2/c1-21(29(40,17-36-19-32-18-34-36)26-13-10-23(30)15-27(26)31)5-4-6-22-8-11-25(12-9-22)37-20-35-38(28(37)39)16-24-7-2-3-14-33-24/h2-4,6-15,18-21,40H,5,16-17H2,1H3/b6-4+/t21-,29+/m0/s1. The summed E-state index contributed by atoms with van der Waals surface area (Å²) in [6.45, 7) is 2.01. The van der Waals surface area contributed by atoms with Crippen molar-refractivity contribution in [3.63, 3.8) is 0 Å². The number of aliphatic hydroxyl groups is 1. The summed E-state index contributed by atoms with van der Waals surface area (Å²) in [5, 5.41) is 19.9. The topological polar surface area (TPSA) is 104 Å². The number of hydrogen-bond donors (Lipinski definition) is 1. The Morgan fingerprint density at radius 2 is 1.88 bits per heavy atom. The number of nitrogens with zero attached hydrogens (tertiary/aromatic N) is 7. The van der Waals surface area contributed by atoms with Crippen molar-refractivity contribution in [2.75, 3.05) is 0 Å². The van der Waals surface area contributed by atoms with E-state index >= 15 is 0 Å². The molecule has 0 saturated carbocycles. The fraction of sp³-hybridized carbons (Fsp3) is 0.207. The smallest absolute Gasteiger partial charge is 0.350 e. The van der Waals surface area contributed by atoms with E-state index in [4.69, 9.17) is 0 Å². The Morgan fingerprint density at radius 3 is 2.58 bits per heavy atom. The van der Waals surface area contributed by atoms with Crippen LogP contribution in [0.4, 0.5) is 8.78 Å². The van der Waals surface area contributed by atoms with Crippen LogP contribution < -0.4 is 5.69 Å². The Hall–Kier alpha value is -4.77. The zero-order valence-corrected chi connectivity index (χ0v) is 21.7. The molecule has 204 valence electrons. The van der Waals surface area contributed by atoms with Crippen LogP contribution in [-0.4, -0.2) is 39.2 Å². The summed E-state index contributed by atoms with van der Waals surface area (Å²) in [7, 11) is 0. The van der Waals surface area contributed by atoms with Crippen LogP contribution in [0.25, 0.3) is 11.8 Å². The zero-order valence-electron chi connectivity index (χ0n) is 21.7. The minimum atomic E-state index is -1.67. The lowest BCUT2D eigenvalue weighted by molar-refractivity contribution is -0.0379. The van der Waals surface area contributed by atoms with Gasteiger partial charge in [0, 0.05) is 17.8 Å². The Morgan fingerprint density at radius 1 is 1.05 bits per heavy atom. The van der Waals surface area contributed by atoms with Gasteiger partial charge in [-0.15, -0.1) is 0 Å². The lowest BCUT2D eigenvalue weighted by Gasteiger charge is -2.34. The molecule has 0 aliphatic carbocycles. The molecule has 5 rings (SSSR count). The summed E-state index contributed by atoms with van der Waals surface area (Å²) in [5.41, 5.74) is 0.316. The average Bonchev–Trinajstić information content (AvgIpc) is 3.59. The third-order valence-electron chi connectivity index (χ3n) is 6.82. The third-order valence-corrected chi connectivity index (χ3v) is 6.82. The molecule has 0 aliphatic heterocycles. The van der Waals surface area contributed by atoms with Gasteiger partial charge in [0.2, 0.25) is 0 Å². The molecule has 0 fully saturated rings. The quantitative estimate of drug-likeness (QED) is 0.286. The van der Waals surface area contributed by atoms with E-state index in [9.17, 15) is 18.7 Å². The predicted molar refractivity (Wildman–Crippen MR) is 144 cm³/mol. The number of benzene rings is 2. The molecule has 11 heteroatoms. The van der Waals surface area contributed by atoms with E-state index in [1.807, 2.05) is 54.6 Å². The maximum Gasteiger partial charge on any atom is 0.350 e. The summed E-state index contributed by atoms with van der Waals surface area (Å²) in [6.07, 6.45) is 10.1. The highest BCUT2D eigenvalue weighted by atomic mass is 19.1. The summed E-state index contributed by atoms with van der Waals surface area (Å²) < 4.78 is 32.5. The van der Waals surface area contributed by atoms with E-state index in [1.54, 1.807) is 13.1 Å². The first kappa shape index (κ1) is 26.8. The minimum Gasteiger partial charge on any atom is -0.383 e. The van der Waals surface area contributed by atoms with Crippen LogP contribution in [0.5, 0.6) is 0 Å². The van der Waals surface area contributed by atoms with Crippen LogP contribution in [0.2, 0.25) is 0 Å². The van der Waals surface area contributed by atoms with Crippen LogP contribution in [0.15, 0.2) is 96.7 Å². The number of hydrogen-bond acceptors (Lipinski definition) is 6. The largest absolute Gasteiger partial charge is 0.383 e. The van der Waals surface area contributed by atoms with Crippen LogP contribution >= 0.6 is 0 Å². The molecule has 0 amide bonds. The fourth-order valence-corrected chi connectivity index (χ4v) is 4.53. The maximum atomic E-state index is 14.7. The van der Waals surface area contributed by atoms with Crippen molar-refractivity contribution in [2.45, 2.75) is 32.0 Å². The number of pyridine rings is 1. The average molecular weight is 544 g/mol. The first-order valence-corrected chi connectivity index (χ1v) is 12.6. The first-order valence-electron chi connectivity index (χ1n) is 12.6. The minimum absolute atomic E-state index is 0.0105. The second kappa shape index (κ2) is 11.5. The molecule has 0 bridgehead atoms. The second-order valence-electron chi connectivity index (χ2n) is 9.53. The van der Waals surface area contributed by atoms with Crippen molar-refractivity contribution in [3.05, 3.63) is 131 Å². The number of halogens is 2. The summed E-state index contributed by atoms with van der Waals surface area (Å²) in [6, 6.07) is 16.0. The van der Waals surface area contributed by atoms with E-state index in [1.165, 1.54) is 39.0 Å². The van der Waals surface area contributed by atoms with Gasteiger partial charge in [-0.3, -0.25) is 4.98 Å². The SMILES string of the molecule is C[C@@H](C/C=C/c1ccc(-n2cnn(Cc3ccccn3)c2=O)cc1)[C@](O)(Cn1cncn1)c1ccc(F)cc1F. The molecule has 2 atom stereocenters. The van der Waals surface area contributed by atoms with Gasteiger partial charge in [-0.1, -0.05) is 43.3 Å². The predicted octanol–water partition coefficient (Wildman–Crippen LogP) is 3.97. The van der Waals surface area contributed by atoms with Gasteiger partial charge < -0.3 is 5.11 Å². The van der Waals surface area contributed by atoms with Gasteiger partial charge in [-0.2, -0.15) is 10.2 Å². The molecule has 5 aromatic rings. The van der Waals surface area contributed by atoms with Gasteiger partial charge in [-0.05, 0) is 48.2 Å². The van der Waals surface area contributed by atoms with Gasteiger partial charge in [0.1, 0.15) is 36.2 Å². The summed E-state index contributed by atoms with van der Waals surface area (Å²) in [5.74, 6) is -2.01. The van der Waals surface area contributed by atoms with Crippen LogP contribution in [0.1, 0.15) is 30.2 Å². The number of rotatable bonds is 10. The van der Waals surface area contributed by atoms with Crippen LogP contribution in [0.3, 0.4) is 0 Å². The fourth-order valence-electron chi connectivity index (χ4n) is 4.53. The highest BCUT2D eigenvalue weighted by molar-refractivity contribution is 5.51. The van der Waals surface area contributed by atoms with Crippen molar-refractivity contribution >= 4 is 6.08 Å². The first-order chi connectivity index (χ1) is 19.3. The molecule has 0 unspecified atom stereocenters. The van der Waals surface area contributed by atoms with Gasteiger partial charge in [-0.25, -0.2) is 32.5 Å². The third kappa shape index (κ3) is 5.79. The highest BCUT2D eigenvalue weighted by Crippen LogP contribution is 2.35. The maximum absolute atomic E-state index is 14.7. The molecule has 2 aromatic carbocycles. The van der Waals surface area contributed by atoms with Crippen LogP contribution in [0, 0.1) is 17.6 Å². The van der Waals surface area contributed by atoms with Crippen LogP contribution in [-0.2, 0) is 18.7 Å². The van der Waals surface area contributed by atoms with Crippen molar-refractivity contribution in [1.82, 2.24) is 34.1 Å². The molecule has 3 aromatic heterocycles. The normalized spacial score (nSPS) is 13.9. The van der Waals surface area contributed by atoms with Gasteiger partial charge in [0.15, 0.2) is 0 Å². The lowest BCUT2D eigenvalue weighted by atomic mass is 9.80. The Bertz CT molecular complexity index is 1650. The monoisotopic (exact) mass is 543 g/mol. The molecule has 9 nitrogen and oxygen atoms in total. The molecule has 0 saturated heterocycles. The van der Waals surface area contributed by atoms with E-state index in [-0.39, 0.29) is 24.3 Å². The molecule has 0 radical (unpaired) electrons. The molecular weight excluding hydrogens is 516 g/mol. The van der Waals surface area contributed by atoms with Gasteiger partial charge in [0.05, 0.1) is 24.5 Å². The van der Waals surface area contributed by atoms with Gasteiger partial charge in [0.25, 0.3) is 0 Å².